The first-order valence-electron chi connectivity index (χ1n) is 7.54. The van der Waals surface area contributed by atoms with Crippen molar-refractivity contribution >= 4 is 5.91 Å². The van der Waals surface area contributed by atoms with Gasteiger partial charge in [-0.05, 0) is 18.9 Å². The van der Waals surface area contributed by atoms with Crippen LogP contribution in [0.25, 0.3) is 0 Å². The number of nitrogens with zero attached hydrogens (tertiary/aromatic N) is 4. The van der Waals surface area contributed by atoms with E-state index in [9.17, 15) is 10.1 Å². The van der Waals surface area contributed by atoms with Crippen molar-refractivity contribution in [2.24, 2.45) is 0 Å². The minimum atomic E-state index is -0.598. The predicted molar refractivity (Wildman–Crippen MR) is 79.3 cm³/mol. The number of likely N-dealkylation sites (N-methyl/N-ethyl adjacent to an activating group) is 1. The molecule has 0 radical (unpaired) electrons. The molecular weight excluding hydrogens is 266 g/mol. The molecule has 1 aromatic rings. The highest BCUT2D eigenvalue weighted by Crippen LogP contribution is 2.32. The molecule has 1 N–H and O–H groups in total. The largest absolute Gasteiger partial charge is 0.326 e. The standard InChI is InChI=1S/C15H23N5O/c1-19(15(13-16)6-3-2-4-7-15)14(21)12-17-9-11-20-10-5-8-18-20/h5,8,10,17H,2-4,6-7,9,11-12H2,1H3. The van der Waals surface area contributed by atoms with E-state index in [-0.39, 0.29) is 12.5 Å². The number of hydrogen-bond donors (Lipinski definition) is 1. The van der Waals surface area contributed by atoms with Crippen molar-refractivity contribution in [1.29, 1.82) is 5.26 Å². The molecule has 1 aliphatic rings. The minimum absolute atomic E-state index is 0.0149. The molecule has 0 bridgehead atoms. The fourth-order valence-electron chi connectivity index (χ4n) is 2.84. The van der Waals surface area contributed by atoms with Crippen LogP contribution in [0.4, 0.5) is 0 Å². The third-order valence-electron chi connectivity index (χ3n) is 4.26. The Bertz CT molecular complexity index is 485. The lowest BCUT2D eigenvalue weighted by Gasteiger charge is -2.39. The average Bonchev–Trinajstić information content (AvgIpc) is 3.04. The molecule has 21 heavy (non-hydrogen) atoms. The van der Waals surface area contributed by atoms with Crippen LogP contribution in [-0.2, 0) is 11.3 Å². The Labute approximate surface area is 125 Å². The molecule has 1 aliphatic carbocycles. The van der Waals surface area contributed by atoms with Crippen LogP contribution in [0.3, 0.4) is 0 Å². The van der Waals surface area contributed by atoms with Gasteiger partial charge in [-0.2, -0.15) is 10.4 Å². The number of nitrogens with one attached hydrogen (secondary N) is 1. The summed E-state index contributed by atoms with van der Waals surface area (Å²) in [6, 6.07) is 4.25. The number of amides is 1. The van der Waals surface area contributed by atoms with Crippen LogP contribution >= 0.6 is 0 Å². The van der Waals surface area contributed by atoms with E-state index in [1.165, 1.54) is 0 Å². The monoisotopic (exact) mass is 289 g/mol. The molecule has 1 fully saturated rings. The fraction of sp³-hybridized carbons (Fsp3) is 0.667. The van der Waals surface area contributed by atoms with Crippen molar-refractivity contribution in [1.82, 2.24) is 20.0 Å². The zero-order chi connectivity index (χ0) is 15.1. The van der Waals surface area contributed by atoms with E-state index in [0.29, 0.717) is 6.54 Å². The Kier molecular flexibility index (Phi) is 5.34. The first-order valence-corrected chi connectivity index (χ1v) is 7.54. The van der Waals surface area contributed by atoms with Gasteiger partial charge in [-0.25, -0.2) is 0 Å². The second kappa shape index (κ2) is 7.23. The third kappa shape index (κ3) is 3.82. The highest BCUT2D eigenvalue weighted by molar-refractivity contribution is 5.79. The quantitative estimate of drug-likeness (QED) is 0.797. The molecule has 0 aliphatic heterocycles. The maximum atomic E-state index is 12.3. The Morgan fingerprint density at radius 3 is 2.86 bits per heavy atom. The van der Waals surface area contributed by atoms with Crippen LogP contribution in [-0.4, -0.2) is 46.3 Å². The lowest BCUT2D eigenvalue weighted by molar-refractivity contribution is -0.133. The second-order valence-electron chi connectivity index (χ2n) is 5.60. The lowest BCUT2D eigenvalue weighted by atomic mass is 9.81. The van der Waals surface area contributed by atoms with Gasteiger partial charge in [0.05, 0.1) is 19.2 Å². The van der Waals surface area contributed by atoms with Gasteiger partial charge in [0.15, 0.2) is 0 Å². The van der Waals surface area contributed by atoms with Crippen molar-refractivity contribution in [2.75, 3.05) is 20.1 Å². The maximum Gasteiger partial charge on any atom is 0.237 e. The Morgan fingerprint density at radius 1 is 1.48 bits per heavy atom. The first kappa shape index (κ1) is 15.5. The Morgan fingerprint density at radius 2 is 2.24 bits per heavy atom. The molecular formula is C15H23N5O. The van der Waals surface area contributed by atoms with Crippen LogP contribution in [0.15, 0.2) is 18.5 Å². The summed E-state index contributed by atoms with van der Waals surface area (Å²) in [5.41, 5.74) is -0.598. The van der Waals surface area contributed by atoms with Gasteiger partial charge in [-0.1, -0.05) is 19.3 Å². The molecule has 0 atom stereocenters. The zero-order valence-electron chi connectivity index (χ0n) is 12.6. The smallest absolute Gasteiger partial charge is 0.237 e. The van der Waals surface area contributed by atoms with Crippen LogP contribution in [0.1, 0.15) is 32.1 Å². The molecule has 114 valence electrons. The zero-order valence-corrected chi connectivity index (χ0v) is 12.6. The van der Waals surface area contributed by atoms with Gasteiger partial charge in [-0.3, -0.25) is 9.48 Å². The highest BCUT2D eigenvalue weighted by Gasteiger charge is 2.38. The van der Waals surface area contributed by atoms with E-state index in [0.717, 1.165) is 38.6 Å². The first-order chi connectivity index (χ1) is 10.2. The summed E-state index contributed by atoms with van der Waals surface area (Å²) in [6.07, 6.45) is 8.42. The Balaban J connectivity index is 1.77. The van der Waals surface area contributed by atoms with Crippen molar-refractivity contribution in [3.63, 3.8) is 0 Å². The summed E-state index contributed by atoms with van der Waals surface area (Å²) >= 11 is 0. The van der Waals surface area contributed by atoms with Gasteiger partial charge >= 0.3 is 0 Å². The maximum absolute atomic E-state index is 12.3. The summed E-state index contributed by atoms with van der Waals surface area (Å²) in [4.78, 5) is 13.9. The van der Waals surface area contributed by atoms with Gasteiger partial charge in [0, 0.05) is 26.0 Å². The molecule has 1 amide bonds. The van der Waals surface area contributed by atoms with E-state index >= 15 is 0 Å². The third-order valence-corrected chi connectivity index (χ3v) is 4.26. The van der Waals surface area contributed by atoms with Crippen molar-refractivity contribution < 1.29 is 4.79 Å². The van der Waals surface area contributed by atoms with Crippen LogP contribution < -0.4 is 5.32 Å². The van der Waals surface area contributed by atoms with E-state index in [1.54, 1.807) is 18.1 Å². The number of rotatable bonds is 6. The predicted octanol–water partition coefficient (Wildman–Crippen LogP) is 1.16. The van der Waals surface area contributed by atoms with Crippen LogP contribution in [0.2, 0.25) is 0 Å². The van der Waals surface area contributed by atoms with Crippen molar-refractivity contribution in [3.05, 3.63) is 18.5 Å². The van der Waals surface area contributed by atoms with Gasteiger partial charge in [0.25, 0.3) is 0 Å². The van der Waals surface area contributed by atoms with Crippen LogP contribution in [0, 0.1) is 11.3 Å². The molecule has 1 saturated carbocycles. The second-order valence-corrected chi connectivity index (χ2v) is 5.60. The molecule has 2 rings (SSSR count). The van der Waals surface area contributed by atoms with Crippen molar-refractivity contribution in [3.8, 4) is 6.07 Å². The van der Waals surface area contributed by atoms with Crippen molar-refractivity contribution in [2.45, 2.75) is 44.2 Å². The number of carbonyl (C=O) groups is 1. The number of hydrogen-bond acceptors (Lipinski definition) is 4. The molecule has 0 unspecified atom stereocenters. The van der Waals surface area contributed by atoms with Crippen LogP contribution in [0.5, 0.6) is 0 Å². The molecule has 1 aromatic heterocycles. The SMILES string of the molecule is CN(C(=O)CNCCn1cccn1)C1(C#N)CCCCC1. The van der Waals surface area contributed by atoms with E-state index < -0.39 is 5.54 Å². The minimum Gasteiger partial charge on any atom is -0.326 e. The molecule has 0 aromatic carbocycles. The topological polar surface area (TPSA) is 74.0 Å². The number of carbonyl (C=O) groups excluding carboxylic acids is 1. The molecule has 0 spiro atoms. The summed E-state index contributed by atoms with van der Waals surface area (Å²) in [5, 5.41) is 16.7. The molecule has 0 saturated heterocycles. The molecule has 6 nitrogen and oxygen atoms in total. The lowest BCUT2D eigenvalue weighted by Crippen LogP contribution is -2.52. The Hall–Kier alpha value is -1.87. The van der Waals surface area contributed by atoms with Gasteiger partial charge in [0.2, 0.25) is 5.91 Å². The molecule has 6 heteroatoms. The van der Waals surface area contributed by atoms with Gasteiger partial charge in [-0.15, -0.1) is 0 Å². The summed E-state index contributed by atoms with van der Waals surface area (Å²) < 4.78 is 1.82. The average molecular weight is 289 g/mol. The number of nitriles is 1. The fourth-order valence-corrected chi connectivity index (χ4v) is 2.84. The van der Waals surface area contributed by atoms with E-state index in [4.69, 9.17) is 0 Å². The summed E-state index contributed by atoms with van der Waals surface area (Å²) in [7, 11) is 1.76. The van der Waals surface area contributed by atoms with Gasteiger partial charge < -0.3 is 10.2 Å². The summed E-state index contributed by atoms with van der Waals surface area (Å²) in [6.45, 7) is 1.68. The van der Waals surface area contributed by atoms with E-state index in [2.05, 4.69) is 16.5 Å². The summed E-state index contributed by atoms with van der Waals surface area (Å²) in [5.74, 6) is -0.0149. The molecule has 1 heterocycles. The van der Waals surface area contributed by atoms with Gasteiger partial charge in [0.1, 0.15) is 5.54 Å². The normalized spacial score (nSPS) is 17.1. The highest BCUT2D eigenvalue weighted by atomic mass is 16.2. The van der Waals surface area contributed by atoms with E-state index in [1.807, 2.05) is 16.9 Å². The number of aromatic nitrogens is 2.